The van der Waals surface area contributed by atoms with Crippen LogP contribution in [0.2, 0.25) is 0 Å². The molecule has 0 amide bonds. The maximum absolute atomic E-state index is 4.86. The van der Waals surface area contributed by atoms with Crippen molar-refractivity contribution in [1.29, 1.82) is 0 Å². The first-order valence-corrected chi connectivity index (χ1v) is 3.86. The molecule has 0 saturated heterocycles. The van der Waals surface area contributed by atoms with Gasteiger partial charge in [-0.05, 0) is 12.1 Å². The maximum atomic E-state index is 4.86. The van der Waals surface area contributed by atoms with Gasteiger partial charge < -0.3 is 25.0 Å². The van der Waals surface area contributed by atoms with Gasteiger partial charge in [0.1, 0.15) is 5.52 Å². The van der Waals surface area contributed by atoms with Crippen molar-refractivity contribution in [2.45, 2.75) is 5.88 Å². The van der Waals surface area contributed by atoms with Crippen molar-refractivity contribution >= 4 is 46.7 Å². The van der Waals surface area contributed by atoms with Crippen LogP contribution < -0.4 is 12.4 Å². The summed E-state index contributed by atoms with van der Waals surface area (Å²) in [6.07, 6.45) is 0. The SMILES string of the molecule is [Cl-].[Mg+2].[S-]Cn1nnc2ccccc21. The first-order valence-electron chi connectivity index (χ1n) is 3.28. The van der Waals surface area contributed by atoms with E-state index in [9.17, 15) is 0 Å². The van der Waals surface area contributed by atoms with Crippen molar-refractivity contribution in [2.24, 2.45) is 0 Å². The molecule has 0 radical (unpaired) electrons. The predicted molar refractivity (Wildman–Crippen MR) is 50.6 cm³/mol. The van der Waals surface area contributed by atoms with Gasteiger partial charge in [-0.15, -0.1) is 5.10 Å². The van der Waals surface area contributed by atoms with E-state index < -0.39 is 0 Å². The standard InChI is InChI=1S/C7H7N3S.ClH.Mg/c11-5-10-7-4-2-1-3-6(7)8-9-10;;/h1-4,11H,5H2;1H;/q;;+2/p-2. The number of para-hydroxylation sites is 1. The van der Waals surface area contributed by atoms with E-state index in [0.29, 0.717) is 5.88 Å². The molecule has 3 nitrogen and oxygen atoms in total. The van der Waals surface area contributed by atoms with Gasteiger partial charge in [0.05, 0.1) is 5.52 Å². The minimum atomic E-state index is 0. The minimum absolute atomic E-state index is 0. The van der Waals surface area contributed by atoms with Crippen LogP contribution in [-0.4, -0.2) is 38.0 Å². The van der Waals surface area contributed by atoms with E-state index in [0.717, 1.165) is 11.0 Å². The summed E-state index contributed by atoms with van der Waals surface area (Å²) in [5.74, 6) is 0.459. The molecule has 0 spiro atoms. The predicted octanol–water partition coefficient (Wildman–Crippen LogP) is -2.44. The zero-order valence-corrected chi connectivity index (χ0v) is 9.84. The molecule has 0 N–H and O–H groups in total. The Balaban J connectivity index is 0.000000720. The number of benzene rings is 1. The van der Waals surface area contributed by atoms with Crippen LogP contribution in [-0.2, 0) is 18.5 Å². The van der Waals surface area contributed by atoms with Crippen molar-refractivity contribution in [2.75, 3.05) is 0 Å². The zero-order valence-electron chi connectivity index (χ0n) is 6.85. The van der Waals surface area contributed by atoms with Crippen LogP contribution in [0.15, 0.2) is 24.3 Å². The largest absolute Gasteiger partial charge is 2.00 e. The Morgan fingerprint density at radius 1 is 1.31 bits per heavy atom. The molecular formula is C7H6ClMgN3S. The van der Waals surface area contributed by atoms with Gasteiger partial charge in [-0.2, -0.15) is 0 Å². The van der Waals surface area contributed by atoms with Crippen LogP contribution in [0.3, 0.4) is 0 Å². The molecule has 2 rings (SSSR count). The van der Waals surface area contributed by atoms with Gasteiger partial charge in [0.2, 0.25) is 0 Å². The molecule has 1 aromatic heterocycles. The first kappa shape index (κ1) is 13.0. The number of halogens is 1. The van der Waals surface area contributed by atoms with Crippen molar-refractivity contribution in [3.8, 4) is 0 Å². The molecule has 0 aliphatic heterocycles. The van der Waals surface area contributed by atoms with Crippen molar-refractivity contribution in [3.63, 3.8) is 0 Å². The summed E-state index contributed by atoms with van der Waals surface area (Å²) < 4.78 is 1.70. The topological polar surface area (TPSA) is 30.7 Å². The summed E-state index contributed by atoms with van der Waals surface area (Å²) in [6, 6.07) is 7.77. The molecule has 0 fully saturated rings. The average Bonchev–Trinajstić information content (AvgIpc) is 2.47. The molecule has 0 aliphatic rings. The van der Waals surface area contributed by atoms with Crippen molar-refractivity contribution in [1.82, 2.24) is 15.0 Å². The van der Waals surface area contributed by atoms with E-state index >= 15 is 0 Å². The molecule has 0 atom stereocenters. The Morgan fingerprint density at radius 2 is 2.00 bits per heavy atom. The maximum Gasteiger partial charge on any atom is 2.00 e. The van der Waals surface area contributed by atoms with Crippen molar-refractivity contribution < 1.29 is 12.4 Å². The Hall–Kier alpha value is 0.0262. The van der Waals surface area contributed by atoms with Gasteiger partial charge in [-0.25, -0.2) is 0 Å². The fourth-order valence-corrected chi connectivity index (χ4v) is 1.20. The summed E-state index contributed by atoms with van der Waals surface area (Å²) in [5, 5.41) is 7.81. The van der Waals surface area contributed by atoms with E-state index in [2.05, 4.69) is 10.3 Å². The summed E-state index contributed by atoms with van der Waals surface area (Å²) in [5.41, 5.74) is 1.90. The smallest absolute Gasteiger partial charge is 1.00 e. The second-order valence-electron chi connectivity index (χ2n) is 2.21. The second kappa shape index (κ2) is 5.69. The molecule has 2 aromatic rings. The van der Waals surface area contributed by atoms with Gasteiger partial charge in [-0.1, -0.05) is 23.2 Å². The number of aromatic nitrogens is 3. The van der Waals surface area contributed by atoms with Crippen LogP contribution in [0.5, 0.6) is 0 Å². The van der Waals surface area contributed by atoms with Gasteiger partial charge in [-0.3, -0.25) is 4.68 Å². The van der Waals surface area contributed by atoms with Crippen LogP contribution in [0.25, 0.3) is 11.0 Å². The van der Waals surface area contributed by atoms with E-state index in [1.807, 2.05) is 24.3 Å². The summed E-state index contributed by atoms with van der Waals surface area (Å²) in [6.45, 7) is 0. The van der Waals surface area contributed by atoms with Crippen LogP contribution in [0.1, 0.15) is 0 Å². The fraction of sp³-hybridized carbons (Fsp3) is 0.143. The average molecular weight is 224 g/mol. The minimum Gasteiger partial charge on any atom is -1.00 e. The number of rotatable bonds is 1. The van der Waals surface area contributed by atoms with Gasteiger partial charge >= 0.3 is 23.1 Å². The molecule has 0 saturated carbocycles. The molecule has 6 heteroatoms. The van der Waals surface area contributed by atoms with E-state index in [-0.39, 0.29) is 35.5 Å². The van der Waals surface area contributed by atoms with Gasteiger partial charge in [0.25, 0.3) is 0 Å². The Labute approximate surface area is 104 Å². The normalized spacial score (nSPS) is 9.00. The molecule has 0 unspecified atom stereocenters. The summed E-state index contributed by atoms with van der Waals surface area (Å²) in [4.78, 5) is 0. The quantitative estimate of drug-likeness (QED) is 0.398. The number of nitrogens with zero attached hydrogens (tertiary/aromatic N) is 3. The fourth-order valence-electron chi connectivity index (χ4n) is 1.01. The Bertz CT molecular complexity index is 379. The monoisotopic (exact) mass is 223 g/mol. The Morgan fingerprint density at radius 3 is 2.69 bits per heavy atom. The van der Waals surface area contributed by atoms with Gasteiger partial charge in [0, 0.05) is 0 Å². The summed E-state index contributed by atoms with van der Waals surface area (Å²) >= 11 is 4.86. The van der Waals surface area contributed by atoms with E-state index in [1.165, 1.54) is 0 Å². The molecule has 0 aliphatic carbocycles. The van der Waals surface area contributed by atoms with E-state index in [4.69, 9.17) is 12.6 Å². The van der Waals surface area contributed by atoms with Crippen LogP contribution in [0, 0.1) is 0 Å². The summed E-state index contributed by atoms with van der Waals surface area (Å²) in [7, 11) is 0. The van der Waals surface area contributed by atoms with Crippen LogP contribution in [0.4, 0.5) is 0 Å². The third-order valence-corrected chi connectivity index (χ3v) is 1.79. The molecule has 0 bridgehead atoms. The second-order valence-corrected chi connectivity index (χ2v) is 2.46. The third kappa shape index (κ3) is 2.49. The molecule has 64 valence electrons. The van der Waals surface area contributed by atoms with Crippen molar-refractivity contribution in [3.05, 3.63) is 24.3 Å². The molecule has 13 heavy (non-hydrogen) atoms. The van der Waals surface area contributed by atoms with E-state index in [1.54, 1.807) is 4.68 Å². The Kier molecular flexibility index (Phi) is 5.70. The van der Waals surface area contributed by atoms with Gasteiger partial charge in [0.15, 0.2) is 0 Å². The third-order valence-electron chi connectivity index (χ3n) is 1.54. The number of fused-ring (bicyclic) bond motifs is 1. The molecular weight excluding hydrogens is 218 g/mol. The van der Waals surface area contributed by atoms with Crippen LogP contribution >= 0.6 is 0 Å². The molecule has 1 heterocycles. The first-order chi connectivity index (χ1) is 5.42. The zero-order chi connectivity index (χ0) is 7.68. The molecule has 1 aromatic carbocycles. The number of hydrogen-bond acceptors (Lipinski definition) is 3. The number of hydrogen-bond donors (Lipinski definition) is 0.